The van der Waals surface area contributed by atoms with Gasteiger partial charge < -0.3 is 19.7 Å². The SMILES string of the molecule is CCCCOc1ccc(NC(=O)N(CCOC)Cc2ccncc2)cc1. The van der Waals surface area contributed by atoms with Gasteiger partial charge in [-0.25, -0.2) is 4.79 Å². The van der Waals surface area contributed by atoms with Gasteiger partial charge in [-0.2, -0.15) is 0 Å². The number of aromatic nitrogens is 1. The number of carbonyl (C=O) groups excluding carboxylic acids is 1. The molecule has 0 saturated carbocycles. The standard InChI is InChI=1S/C20H27N3O3/c1-3-4-14-26-19-7-5-18(6-8-19)22-20(24)23(13-15-25-2)16-17-9-11-21-12-10-17/h5-12H,3-4,13-16H2,1-2H3,(H,22,24). The Balaban J connectivity index is 1.94. The Morgan fingerprint density at radius 2 is 1.85 bits per heavy atom. The van der Waals surface area contributed by atoms with E-state index in [4.69, 9.17) is 9.47 Å². The minimum atomic E-state index is -0.168. The van der Waals surface area contributed by atoms with Gasteiger partial charge in [-0.3, -0.25) is 4.98 Å². The second-order valence-electron chi connectivity index (χ2n) is 5.93. The Labute approximate surface area is 155 Å². The van der Waals surface area contributed by atoms with Gasteiger partial charge in [0.05, 0.1) is 13.2 Å². The van der Waals surface area contributed by atoms with E-state index in [0.717, 1.165) is 29.8 Å². The molecule has 2 amide bonds. The second-order valence-corrected chi connectivity index (χ2v) is 5.93. The van der Waals surface area contributed by atoms with Gasteiger partial charge in [0.15, 0.2) is 0 Å². The molecule has 0 aliphatic carbocycles. The summed E-state index contributed by atoms with van der Waals surface area (Å²) < 4.78 is 10.8. The number of hydrogen-bond donors (Lipinski definition) is 1. The van der Waals surface area contributed by atoms with Gasteiger partial charge in [0.1, 0.15) is 5.75 Å². The fourth-order valence-corrected chi connectivity index (χ4v) is 2.33. The summed E-state index contributed by atoms with van der Waals surface area (Å²) in [5.74, 6) is 0.810. The lowest BCUT2D eigenvalue weighted by molar-refractivity contribution is 0.153. The predicted molar refractivity (Wildman–Crippen MR) is 102 cm³/mol. The van der Waals surface area contributed by atoms with E-state index >= 15 is 0 Å². The number of nitrogens with one attached hydrogen (secondary N) is 1. The summed E-state index contributed by atoms with van der Waals surface area (Å²) in [5.41, 5.74) is 1.75. The summed E-state index contributed by atoms with van der Waals surface area (Å²) in [4.78, 5) is 18.4. The highest BCUT2D eigenvalue weighted by molar-refractivity contribution is 5.89. The molecule has 0 radical (unpaired) electrons. The highest BCUT2D eigenvalue weighted by Crippen LogP contribution is 2.17. The van der Waals surface area contributed by atoms with E-state index in [0.29, 0.717) is 26.3 Å². The number of nitrogens with zero attached hydrogens (tertiary/aromatic N) is 2. The highest BCUT2D eigenvalue weighted by atomic mass is 16.5. The van der Waals surface area contributed by atoms with Crippen LogP contribution in [0, 0.1) is 0 Å². The molecular weight excluding hydrogens is 330 g/mol. The summed E-state index contributed by atoms with van der Waals surface area (Å²) in [6.07, 6.45) is 5.57. The largest absolute Gasteiger partial charge is 0.494 e. The van der Waals surface area contributed by atoms with Crippen molar-refractivity contribution in [3.8, 4) is 5.75 Å². The lowest BCUT2D eigenvalue weighted by atomic mass is 10.2. The Hall–Kier alpha value is -2.60. The van der Waals surface area contributed by atoms with Crippen LogP contribution in [-0.2, 0) is 11.3 Å². The first-order chi connectivity index (χ1) is 12.7. The zero-order valence-electron chi connectivity index (χ0n) is 15.5. The molecule has 0 aliphatic heterocycles. The number of methoxy groups -OCH3 is 1. The quantitative estimate of drug-likeness (QED) is 0.654. The monoisotopic (exact) mass is 357 g/mol. The van der Waals surface area contributed by atoms with Gasteiger partial charge in [0.25, 0.3) is 0 Å². The number of benzene rings is 1. The number of unbranched alkanes of at least 4 members (excludes halogenated alkanes) is 1. The normalized spacial score (nSPS) is 10.4. The number of carbonyl (C=O) groups is 1. The van der Waals surface area contributed by atoms with Crippen molar-refractivity contribution >= 4 is 11.7 Å². The van der Waals surface area contributed by atoms with Crippen molar-refractivity contribution in [1.82, 2.24) is 9.88 Å². The molecule has 0 fully saturated rings. The van der Waals surface area contributed by atoms with Gasteiger partial charge in [0, 0.05) is 38.3 Å². The minimum absolute atomic E-state index is 0.168. The van der Waals surface area contributed by atoms with Crippen molar-refractivity contribution in [3.05, 3.63) is 54.4 Å². The van der Waals surface area contributed by atoms with Crippen LogP contribution in [0.25, 0.3) is 0 Å². The van der Waals surface area contributed by atoms with Crippen molar-refractivity contribution in [2.45, 2.75) is 26.3 Å². The van der Waals surface area contributed by atoms with Crippen LogP contribution in [0.5, 0.6) is 5.75 Å². The first-order valence-electron chi connectivity index (χ1n) is 8.89. The number of pyridine rings is 1. The fourth-order valence-electron chi connectivity index (χ4n) is 2.33. The maximum absolute atomic E-state index is 12.6. The van der Waals surface area contributed by atoms with Gasteiger partial charge in [-0.1, -0.05) is 13.3 Å². The third kappa shape index (κ3) is 6.72. The van der Waals surface area contributed by atoms with E-state index in [-0.39, 0.29) is 6.03 Å². The molecule has 2 aromatic rings. The van der Waals surface area contributed by atoms with E-state index in [9.17, 15) is 4.79 Å². The van der Waals surface area contributed by atoms with Gasteiger partial charge in [-0.05, 0) is 48.4 Å². The topological polar surface area (TPSA) is 63.7 Å². The smallest absolute Gasteiger partial charge is 0.322 e. The Morgan fingerprint density at radius 3 is 2.50 bits per heavy atom. The van der Waals surface area contributed by atoms with Crippen molar-refractivity contribution in [2.24, 2.45) is 0 Å². The number of rotatable bonds is 10. The van der Waals surface area contributed by atoms with E-state index in [1.165, 1.54) is 0 Å². The van der Waals surface area contributed by atoms with Crippen molar-refractivity contribution in [3.63, 3.8) is 0 Å². The van der Waals surface area contributed by atoms with Crippen LogP contribution in [0.15, 0.2) is 48.8 Å². The Morgan fingerprint density at radius 1 is 1.12 bits per heavy atom. The second kappa shape index (κ2) is 11.1. The van der Waals surface area contributed by atoms with E-state index in [1.54, 1.807) is 24.4 Å². The van der Waals surface area contributed by atoms with Gasteiger partial charge >= 0.3 is 6.03 Å². The Bertz CT molecular complexity index is 647. The molecule has 0 unspecified atom stereocenters. The molecule has 2 rings (SSSR count). The fraction of sp³-hybridized carbons (Fsp3) is 0.400. The third-order valence-corrected chi connectivity index (χ3v) is 3.85. The van der Waals surface area contributed by atoms with Gasteiger partial charge in [-0.15, -0.1) is 0 Å². The molecular formula is C20H27N3O3. The molecule has 0 aliphatic rings. The van der Waals surface area contributed by atoms with Crippen molar-refractivity contribution in [2.75, 3.05) is 32.2 Å². The minimum Gasteiger partial charge on any atom is -0.494 e. The zero-order valence-corrected chi connectivity index (χ0v) is 15.5. The van der Waals surface area contributed by atoms with E-state index < -0.39 is 0 Å². The van der Waals surface area contributed by atoms with Crippen LogP contribution in [0.1, 0.15) is 25.3 Å². The summed E-state index contributed by atoms with van der Waals surface area (Å²) in [6.45, 7) is 4.31. The number of ether oxygens (including phenoxy) is 2. The van der Waals surface area contributed by atoms with E-state index in [1.807, 2.05) is 36.4 Å². The molecule has 6 heteroatoms. The molecule has 1 N–H and O–H groups in total. The lowest BCUT2D eigenvalue weighted by Crippen LogP contribution is -2.36. The average molecular weight is 357 g/mol. The molecule has 1 aromatic carbocycles. The van der Waals surface area contributed by atoms with Crippen LogP contribution in [0.4, 0.5) is 10.5 Å². The number of hydrogen-bond acceptors (Lipinski definition) is 4. The molecule has 0 bridgehead atoms. The lowest BCUT2D eigenvalue weighted by Gasteiger charge is -2.23. The van der Waals surface area contributed by atoms with Crippen LogP contribution in [-0.4, -0.2) is 42.8 Å². The summed E-state index contributed by atoms with van der Waals surface area (Å²) in [7, 11) is 1.62. The van der Waals surface area contributed by atoms with Crippen molar-refractivity contribution < 1.29 is 14.3 Å². The molecule has 6 nitrogen and oxygen atoms in total. The number of amides is 2. The molecule has 1 heterocycles. The maximum atomic E-state index is 12.6. The third-order valence-electron chi connectivity index (χ3n) is 3.85. The average Bonchev–Trinajstić information content (AvgIpc) is 2.67. The van der Waals surface area contributed by atoms with Gasteiger partial charge in [0.2, 0.25) is 0 Å². The summed E-state index contributed by atoms with van der Waals surface area (Å²) in [6, 6.07) is 11.1. The van der Waals surface area contributed by atoms with Crippen LogP contribution >= 0.6 is 0 Å². The molecule has 0 spiro atoms. The number of anilines is 1. The molecule has 26 heavy (non-hydrogen) atoms. The van der Waals surface area contributed by atoms with Crippen molar-refractivity contribution in [1.29, 1.82) is 0 Å². The zero-order chi connectivity index (χ0) is 18.6. The first-order valence-corrected chi connectivity index (χ1v) is 8.89. The maximum Gasteiger partial charge on any atom is 0.322 e. The van der Waals surface area contributed by atoms with Crippen LogP contribution < -0.4 is 10.1 Å². The molecule has 140 valence electrons. The van der Waals surface area contributed by atoms with E-state index in [2.05, 4.69) is 17.2 Å². The molecule has 1 aromatic heterocycles. The summed E-state index contributed by atoms with van der Waals surface area (Å²) >= 11 is 0. The first kappa shape index (κ1) is 19.7. The Kier molecular flexibility index (Phi) is 8.42. The molecule has 0 saturated heterocycles. The molecule has 0 atom stereocenters. The van der Waals surface area contributed by atoms with Crippen LogP contribution in [0.2, 0.25) is 0 Å². The summed E-state index contributed by atoms with van der Waals surface area (Å²) in [5, 5.41) is 2.93. The number of urea groups is 1. The highest BCUT2D eigenvalue weighted by Gasteiger charge is 2.14. The predicted octanol–water partition coefficient (Wildman–Crippen LogP) is 3.94. The van der Waals surface area contributed by atoms with Crippen LogP contribution in [0.3, 0.4) is 0 Å².